The monoisotopic (exact) mass is 268 g/mol. The van der Waals surface area contributed by atoms with Crippen LogP contribution in [0, 0.1) is 0 Å². The number of imidazole rings is 1. The van der Waals surface area contributed by atoms with E-state index in [1.165, 1.54) is 18.1 Å². The van der Waals surface area contributed by atoms with E-state index in [2.05, 4.69) is 15.0 Å². The molecule has 0 spiro atoms. The van der Waals surface area contributed by atoms with Crippen LogP contribution >= 0.6 is 11.8 Å². The first-order valence-corrected chi connectivity index (χ1v) is 6.99. The topological polar surface area (TPSA) is 72.8 Å². The maximum absolute atomic E-state index is 11.7. The number of aromatic amines is 1. The van der Waals surface area contributed by atoms with Gasteiger partial charge >= 0.3 is 0 Å². The number of rotatable bonds is 5. The van der Waals surface area contributed by atoms with Gasteiger partial charge < -0.3 is 14.3 Å². The van der Waals surface area contributed by atoms with E-state index in [-0.39, 0.29) is 11.7 Å². The Morgan fingerprint density at radius 1 is 1.61 bits per heavy atom. The Morgan fingerprint density at radius 2 is 2.39 bits per heavy atom. The number of H-pyrrole nitrogens is 1. The molecule has 0 aromatic carbocycles. The van der Waals surface area contributed by atoms with Crippen LogP contribution in [0.1, 0.15) is 13.8 Å². The average molecular weight is 268 g/mol. The minimum Gasteiger partial charge on any atom is -0.377 e. The van der Waals surface area contributed by atoms with Crippen LogP contribution in [0.25, 0.3) is 11.2 Å². The summed E-state index contributed by atoms with van der Waals surface area (Å²) in [5, 5.41) is 0.658. The fourth-order valence-electron chi connectivity index (χ4n) is 1.86. The standard InChI is InChI=1S/C11H16N4O2S/c1-4-17-7(2)5-15-9-8(12-6-13-9)10(16)14-11(15)18-3/h6-7H,4-5H2,1-3H3,(H,12,13)/t7-/m1/s1. The smallest absolute Gasteiger partial charge is 0.299 e. The van der Waals surface area contributed by atoms with E-state index in [4.69, 9.17) is 4.74 Å². The van der Waals surface area contributed by atoms with Crippen molar-refractivity contribution in [2.75, 3.05) is 12.9 Å². The van der Waals surface area contributed by atoms with E-state index in [1.807, 2.05) is 24.7 Å². The zero-order valence-corrected chi connectivity index (χ0v) is 11.5. The number of fused-ring (bicyclic) bond motifs is 1. The van der Waals surface area contributed by atoms with Crippen molar-refractivity contribution in [2.45, 2.75) is 31.7 Å². The molecule has 18 heavy (non-hydrogen) atoms. The molecule has 2 heterocycles. The predicted octanol–water partition coefficient (Wildman–Crippen LogP) is 1.27. The van der Waals surface area contributed by atoms with Crippen LogP contribution < -0.4 is 5.56 Å². The molecular weight excluding hydrogens is 252 g/mol. The molecule has 2 aromatic rings. The van der Waals surface area contributed by atoms with Gasteiger partial charge in [-0.1, -0.05) is 11.8 Å². The molecule has 0 saturated heterocycles. The lowest BCUT2D eigenvalue weighted by atomic mass is 10.4. The Balaban J connectivity index is 2.49. The van der Waals surface area contributed by atoms with Crippen LogP contribution in [-0.4, -0.2) is 38.5 Å². The summed E-state index contributed by atoms with van der Waals surface area (Å²) in [6, 6.07) is 0. The summed E-state index contributed by atoms with van der Waals surface area (Å²) in [5.74, 6) is 0. The zero-order valence-electron chi connectivity index (χ0n) is 10.6. The third-order valence-corrected chi connectivity index (χ3v) is 3.27. The highest BCUT2D eigenvalue weighted by molar-refractivity contribution is 7.98. The van der Waals surface area contributed by atoms with Gasteiger partial charge in [0.05, 0.1) is 19.0 Å². The first-order valence-electron chi connectivity index (χ1n) is 5.76. The van der Waals surface area contributed by atoms with Crippen LogP contribution in [0.5, 0.6) is 0 Å². The summed E-state index contributed by atoms with van der Waals surface area (Å²) >= 11 is 1.43. The van der Waals surface area contributed by atoms with Crippen molar-refractivity contribution in [1.29, 1.82) is 0 Å². The maximum Gasteiger partial charge on any atom is 0.299 e. The molecule has 0 fully saturated rings. The summed E-state index contributed by atoms with van der Waals surface area (Å²) in [4.78, 5) is 22.8. The van der Waals surface area contributed by atoms with Crippen molar-refractivity contribution in [3.8, 4) is 0 Å². The lowest BCUT2D eigenvalue weighted by Gasteiger charge is -2.16. The van der Waals surface area contributed by atoms with Gasteiger partial charge in [-0.15, -0.1) is 0 Å². The fourth-order valence-corrected chi connectivity index (χ4v) is 2.41. The van der Waals surface area contributed by atoms with Crippen LogP contribution in [-0.2, 0) is 11.3 Å². The second kappa shape index (κ2) is 5.53. The number of ether oxygens (including phenoxy) is 1. The van der Waals surface area contributed by atoms with E-state index >= 15 is 0 Å². The molecular formula is C11H16N4O2S. The Bertz CT molecular complexity index is 592. The van der Waals surface area contributed by atoms with E-state index in [1.54, 1.807) is 0 Å². The zero-order chi connectivity index (χ0) is 13.1. The number of nitrogens with zero attached hydrogens (tertiary/aromatic N) is 3. The van der Waals surface area contributed by atoms with Crippen molar-refractivity contribution >= 4 is 22.9 Å². The molecule has 0 aliphatic carbocycles. The van der Waals surface area contributed by atoms with Gasteiger partial charge in [-0.2, -0.15) is 4.98 Å². The lowest BCUT2D eigenvalue weighted by molar-refractivity contribution is 0.0627. The first-order chi connectivity index (χ1) is 8.67. The van der Waals surface area contributed by atoms with Crippen molar-refractivity contribution < 1.29 is 4.74 Å². The maximum atomic E-state index is 11.7. The molecule has 0 saturated carbocycles. The van der Waals surface area contributed by atoms with Gasteiger partial charge in [0.1, 0.15) is 0 Å². The molecule has 0 radical (unpaired) electrons. The molecule has 0 unspecified atom stereocenters. The van der Waals surface area contributed by atoms with E-state index in [0.717, 1.165) is 0 Å². The summed E-state index contributed by atoms with van der Waals surface area (Å²) in [7, 11) is 0. The Hall–Kier alpha value is -1.34. The molecule has 0 amide bonds. The van der Waals surface area contributed by atoms with Gasteiger partial charge in [-0.25, -0.2) is 4.98 Å². The van der Waals surface area contributed by atoms with Crippen molar-refractivity contribution in [2.24, 2.45) is 0 Å². The van der Waals surface area contributed by atoms with Crippen molar-refractivity contribution in [3.63, 3.8) is 0 Å². The normalized spacial score (nSPS) is 13.1. The Labute approximate surface area is 109 Å². The van der Waals surface area contributed by atoms with Gasteiger partial charge in [0.15, 0.2) is 16.3 Å². The van der Waals surface area contributed by atoms with Crippen LogP contribution in [0.4, 0.5) is 0 Å². The number of thioether (sulfide) groups is 1. The molecule has 2 rings (SSSR count). The number of nitrogens with one attached hydrogen (secondary N) is 1. The van der Waals surface area contributed by atoms with Gasteiger partial charge in [-0.05, 0) is 20.1 Å². The number of aromatic nitrogens is 4. The average Bonchev–Trinajstić information content (AvgIpc) is 2.82. The molecule has 1 atom stereocenters. The van der Waals surface area contributed by atoms with Gasteiger partial charge in [0, 0.05) is 6.61 Å². The summed E-state index contributed by atoms with van der Waals surface area (Å²) in [6.07, 6.45) is 3.45. The third-order valence-electron chi connectivity index (χ3n) is 2.59. The molecule has 7 heteroatoms. The Morgan fingerprint density at radius 3 is 3.06 bits per heavy atom. The van der Waals surface area contributed by atoms with Gasteiger partial charge in [-0.3, -0.25) is 4.79 Å². The summed E-state index contributed by atoms with van der Waals surface area (Å²) < 4.78 is 7.44. The van der Waals surface area contributed by atoms with Crippen LogP contribution in [0.3, 0.4) is 0 Å². The first kappa shape index (κ1) is 13.1. The lowest BCUT2D eigenvalue weighted by Crippen LogP contribution is -2.22. The van der Waals surface area contributed by atoms with E-state index in [9.17, 15) is 4.79 Å². The fraction of sp³-hybridized carbons (Fsp3) is 0.545. The largest absolute Gasteiger partial charge is 0.377 e. The van der Waals surface area contributed by atoms with Crippen LogP contribution in [0.15, 0.2) is 16.3 Å². The quantitative estimate of drug-likeness (QED) is 0.653. The second-order valence-electron chi connectivity index (χ2n) is 3.88. The molecule has 1 N–H and O–H groups in total. The number of hydrogen-bond donors (Lipinski definition) is 1. The highest BCUT2D eigenvalue weighted by Gasteiger charge is 2.14. The minimum absolute atomic E-state index is 0.0464. The molecule has 0 aliphatic heterocycles. The van der Waals surface area contributed by atoms with Crippen molar-refractivity contribution in [1.82, 2.24) is 19.5 Å². The molecule has 98 valence electrons. The van der Waals surface area contributed by atoms with Gasteiger partial charge in [0.2, 0.25) is 0 Å². The van der Waals surface area contributed by atoms with Crippen LogP contribution in [0.2, 0.25) is 0 Å². The van der Waals surface area contributed by atoms with E-state index < -0.39 is 0 Å². The highest BCUT2D eigenvalue weighted by atomic mass is 32.2. The third kappa shape index (κ3) is 2.41. The molecule has 0 bridgehead atoms. The Kier molecular flexibility index (Phi) is 4.03. The van der Waals surface area contributed by atoms with Gasteiger partial charge in [0.25, 0.3) is 5.56 Å². The SMILES string of the molecule is CCO[C@H](C)Cn1c(SC)nc(=O)c2[nH]cnc21. The van der Waals surface area contributed by atoms with Crippen molar-refractivity contribution in [3.05, 3.63) is 16.7 Å². The summed E-state index contributed by atoms with van der Waals surface area (Å²) in [6.45, 7) is 5.23. The second-order valence-corrected chi connectivity index (χ2v) is 4.65. The molecule has 6 nitrogen and oxygen atoms in total. The highest BCUT2D eigenvalue weighted by Crippen LogP contribution is 2.16. The number of hydrogen-bond acceptors (Lipinski definition) is 5. The van der Waals surface area contributed by atoms with E-state index in [0.29, 0.717) is 29.5 Å². The minimum atomic E-state index is -0.271. The predicted molar refractivity (Wildman–Crippen MR) is 71.0 cm³/mol. The molecule has 0 aliphatic rings. The summed E-state index contributed by atoms with van der Waals surface area (Å²) in [5.41, 5.74) is 0.801. The molecule has 2 aromatic heterocycles.